The van der Waals surface area contributed by atoms with Gasteiger partial charge in [0.15, 0.2) is 17.4 Å². The highest BCUT2D eigenvalue weighted by Crippen LogP contribution is 2.35. The number of nitrogens with zero attached hydrogens (tertiary/aromatic N) is 2. The van der Waals surface area contributed by atoms with Crippen LogP contribution in [-0.2, 0) is 17.9 Å². The van der Waals surface area contributed by atoms with Crippen molar-refractivity contribution in [3.8, 4) is 22.9 Å². The Morgan fingerprint density at radius 1 is 1.09 bits per heavy atom. The molecule has 0 fully saturated rings. The predicted octanol–water partition coefficient (Wildman–Crippen LogP) is 6.05. The molecule has 0 spiro atoms. The molecular formula is C25H29F3N4O2Si. The van der Waals surface area contributed by atoms with E-state index in [9.17, 15) is 8.78 Å². The van der Waals surface area contributed by atoms with E-state index in [0.717, 1.165) is 11.7 Å². The molecule has 0 aliphatic carbocycles. The lowest BCUT2D eigenvalue weighted by Crippen LogP contribution is -2.21. The fraction of sp³-hybridized carbons (Fsp3) is 0.320. The minimum absolute atomic E-state index is 0.0736. The number of halogens is 3. The summed E-state index contributed by atoms with van der Waals surface area (Å²) < 4.78 is 57.6. The highest BCUT2D eigenvalue weighted by Gasteiger charge is 2.20. The van der Waals surface area contributed by atoms with Crippen LogP contribution < -0.4 is 10.5 Å². The number of hydrogen-bond acceptors (Lipinski definition) is 4. The van der Waals surface area contributed by atoms with E-state index in [4.69, 9.17) is 15.2 Å². The van der Waals surface area contributed by atoms with Crippen molar-refractivity contribution in [3.63, 3.8) is 0 Å². The Hall–Kier alpha value is -3.08. The quantitative estimate of drug-likeness (QED) is 0.204. The van der Waals surface area contributed by atoms with Crippen LogP contribution in [0.2, 0.25) is 25.7 Å². The average Bonchev–Trinajstić information content (AvgIpc) is 3.42. The number of nitrogens with one attached hydrogen (secondary N) is 1. The Morgan fingerprint density at radius 2 is 1.89 bits per heavy atom. The average molecular weight is 503 g/mol. The first-order valence-electron chi connectivity index (χ1n) is 11.4. The van der Waals surface area contributed by atoms with Gasteiger partial charge in [0.05, 0.1) is 11.1 Å². The molecule has 0 amide bonds. The van der Waals surface area contributed by atoms with Crippen LogP contribution in [0.4, 0.5) is 13.2 Å². The molecule has 10 heteroatoms. The first-order chi connectivity index (χ1) is 16.7. The maximum atomic E-state index is 15.2. The molecule has 2 aromatic heterocycles. The van der Waals surface area contributed by atoms with Gasteiger partial charge in [-0.3, -0.25) is 0 Å². The third-order valence-electron chi connectivity index (χ3n) is 5.60. The second-order valence-corrected chi connectivity index (χ2v) is 15.2. The van der Waals surface area contributed by atoms with Crippen LogP contribution in [0.5, 0.6) is 11.5 Å². The van der Waals surface area contributed by atoms with E-state index in [1.54, 1.807) is 23.0 Å². The van der Waals surface area contributed by atoms with Gasteiger partial charge in [0.25, 0.3) is 0 Å². The summed E-state index contributed by atoms with van der Waals surface area (Å²) >= 11 is 0. The van der Waals surface area contributed by atoms with Crippen LogP contribution >= 0.6 is 0 Å². The van der Waals surface area contributed by atoms with Crippen LogP contribution in [0.25, 0.3) is 22.3 Å². The van der Waals surface area contributed by atoms with Crippen molar-refractivity contribution in [2.24, 2.45) is 5.73 Å². The zero-order valence-electron chi connectivity index (χ0n) is 20.0. The molecule has 2 aromatic carbocycles. The Kier molecular flexibility index (Phi) is 7.34. The van der Waals surface area contributed by atoms with Gasteiger partial charge < -0.3 is 24.8 Å². The number of benzene rings is 2. The molecule has 0 saturated heterocycles. The molecule has 0 atom stereocenters. The lowest BCUT2D eigenvalue weighted by Gasteiger charge is -2.16. The topological polar surface area (TPSA) is 78.1 Å². The van der Waals surface area contributed by atoms with Crippen molar-refractivity contribution in [1.82, 2.24) is 14.5 Å². The Labute approximate surface area is 202 Å². The Bertz CT molecular complexity index is 1330. The third-order valence-corrected chi connectivity index (χ3v) is 7.31. The summed E-state index contributed by atoms with van der Waals surface area (Å²) in [5.74, 6) is -2.46. The lowest BCUT2D eigenvalue weighted by atomic mass is 10.2. The fourth-order valence-corrected chi connectivity index (χ4v) is 4.39. The number of nitrogens with two attached hydrogens (primary N) is 1. The molecule has 186 valence electrons. The molecule has 35 heavy (non-hydrogen) atoms. The van der Waals surface area contributed by atoms with E-state index >= 15 is 4.39 Å². The van der Waals surface area contributed by atoms with E-state index < -0.39 is 31.3 Å². The number of ether oxygens (including phenoxy) is 2. The standard InChI is InChI=1S/C25H29F3N4O2Si/c1-35(2,3)11-10-33-15-32-9-7-18-22(32)13-21(27)24(23(18)28)34-17-4-5-20(26)19(12-17)25-30-14-16(31-25)6-8-29/h4-5,7,9,12-14H,6,8,10-11,15,29H2,1-3H3,(H,30,31). The molecule has 2 heterocycles. The second-order valence-electron chi connectivity index (χ2n) is 9.61. The smallest absolute Gasteiger partial charge is 0.199 e. The van der Waals surface area contributed by atoms with Crippen molar-refractivity contribution in [2.45, 2.75) is 38.8 Å². The molecule has 0 bridgehead atoms. The molecule has 6 nitrogen and oxygen atoms in total. The maximum Gasteiger partial charge on any atom is 0.199 e. The molecule has 4 aromatic rings. The van der Waals surface area contributed by atoms with Crippen molar-refractivity contribution in [3.05, 3.63) is 65.9 Å². The number of imidazole rings is 1. The van der Waals surface area contributed by atoms with Gasteiger partial charge in [0.1, 0.15) is 24.1 Å². The summed E-state index contributed by atoms with van der Waals surface area (Å²) in [6.45, 7) is 7.98. The zero-order chi connectivity index (χ0) is 25.2. The summed E-state index contributed by atoms with van der Waals surface area (Å²) in [6, 6.07) is 7.59. The zero-order valence-corrected chi connectivity index (χ0v) is 21.0. The van der Waals surface area contributed by atoms with Gasteiger partial charge in [-0.2, -0.15) is 0 Å². The van der Waals surface area contributed by atoms with Gasteiger partial charge in [0.2, 0.25) is 0 Å². The molecule has 0 aliphatic rings. The fourth-order valence-electron chi connectivity index (χ4n) is 3.64. The summed E-state index contributed by atoms with van der Waals surface area (Å²) in [7, 11) is -1.23. The van der Waals surface area contributed by atoms with Gasteiger partial charge in [-0.1, -0.05) is 19.6 Å². The summed E-state index contributed by atoms with van der Waals surface area (Å²) in [5.41, 5.74) is 6.78. The molecule has 0 saturated carbocycles. The van der Waals surface area contributed by atoms with Crippen LogP contribution in [-0.4, -0.2) is 35.8 Å². The third kappa shape index (κ3) is 5.77. The van der Waals surface area contributed by atoms with Crippen LogP contribution in [0.1, 0.15) is 5.69 Å². The van der Waals surface area contributed by atoms with Crippen LogP contribution in [0.15, 0.2) is 42.7 Å². The van der Waals surface area contributed by atoms with Crippen molar-refractivity contribution in [1.29, 1.82) is 0 Å². The Balaban J connectivity index is 1.56. The highest BCUT2D eigenvalue weighted by molar-refractivity contribution is 6.76. The number of aromatic nitrogens is 3. The maximum absolute atomic E-state index is 15.2. The SMILES string of the molecule is C[Si](C)(C)CCOCn1ccc2c(F)c(Oc3ccc(F)c(-c4ncc(CCN)[nH]4)c3)c(F)cc21. The van der Waals surface area contributed by atoms with E-state index in [1.807, 2.05) is 0 Å². The van der Waals surface area contributed by atoms with E-state index in [1.165, 1.54) is 24.3 Å². The van der Waals surface area contributed by atoms with E-state index in [-0.39, 0.29) is 29.3 Å². The van der Waals surface area contributed by atoms with Crippen LogP contribution in [0.3, 0.4) is 0 Å². The lowest BCUT2D eigenvalue weighted by molar-refractivity contribution is 0.0902. The van der Waals surface area contributed by atoms with Crippen molar-refractivity contribution in [2.75, 3.05) is 13.2 Å². The first kappa shape index (κ1) is 25.0. The molecular weight excluding hydrogens is 473 g/mol. The van der Waals surface area contributed by atoms with Gasteiger partial charge in [-0.25, -0.2) is 18.2 Å². The van der Waals surface area contributed by atoms with Crippen LogP contribution in [0, 0.1) is 17.5 Å². The van der Waals surface area contributed by atoms with Gasteiger partial charge in [0, 0.05) is 50.6 Å². The number of fused-ring (bicyclic) bond motifs is 1. The van der Waals surface area contributed by atoms with Gasteiger partial charge in [-0.15, -0.1) is 0 Å². The predicted molar refractivity (Wildman–Crippen MR) is 133 cm³/mol. The largest absolute Gasteiger partial charge is 0.451 e. The van der Waals surface area contributed by atoms with Crippen molar-refractivity contribution >= 4 is 19.0 Å². The minimum Gasteiger partial charge on any atom is -0.451 e. The first-order valence-corrected chi connectivity index (χ1v) is 15.1. The van der Waals surface area contributed by atoms with Gasteiger partial charge in [-0.05, 0) is 36.9 Å². The van der Waals surface area contributed by atoms with Crippen molar-refractivity contribution < 1.29 is 22.6 Å². The second kappa shape index (κ2) is 10.3. The number of aromatic amines is 1. The summed E-state index contributed by atoms with van der Waals surface area (Å²) in [6.07, 6.45) is 3.78. The van der Waals surface area contributed by atoms with E-state index in [2.05, 4.69) is 29.6 Å². The van der Waals surface area contributed by atoms with E-state index in [0.29, 0.717) is 25.1 Å². The molecule has 4 rings (SSSR count). The Morgan fingerprint density at radius 3 is 2.63 bits per heavy atom. The summed E-state index contributed by atoms with van der Waals surface area (Å²) in [5, 5.41) is 0.204. The number of rotatable bonds is 10. The minimum atomic E-state index is -1.23. The monoisotopic (exact) mass is 502 g/mol. The molecule has 0 radical (unpaired) electrons. The molecule has 3 N–H and O–H groups in total. The summed E-state index contributed by atoms with van der Waals surface area (Å²) in [4.78, 5) is 7.16. The highest BCUT2D eigenvalue weighted by atomic mass is 28.3. The molecule has 0 aliphatic heterocycles. The van der Waals surface area contributed by atoms with Gasteiger partial charge >= 0.3 is 0 Å². The molecule has 0 unspecified atom stereocenters. The normalized spacial score (nSPS) is 12.0. The number of hydrogen-bond donors (Lipinski definition) is 2. The number of H-pyrrole nitrogens is 1.